The van der Waals surface area contributed by atoms with Crippen LogP contribution in [-0.2, 0) is 6.54 Å². The molecule has 1 atom stereocenters. The van der Waals surface area contributed by atoms with Gasteiger partial charge in [0.05, 0.1) is 0 Å². The summed E-state index contributed by atoms with van der Waals surface area (Å²) in [4.78, 5) is 2.45. The van der Waals surface area contributed by atoms with E-state index in [4.69, 9.17) is 5.11 Å². The zero-order valence-corrected chi connectivity index (χ0v) is 11.8. The van der Waals surface area contributed by atoms with E-state index >= 15 is 0 Å². The summed E-state index contributed by atoms with van der Waals surface area (Å²) in [5.74, 6) is -2.23. The normalized spacial score (nSPS) is 17.6. The van der Waals surface area contributed by atoms with Gasteiger partial charge in [0.25, 0.3) is 0 Å². The zero-order valence-electron chi connectivity index (χ0n) is 11.8. The second kappa shape index (κ2) is 6.99. The van der Waals surface area contributed by atoms with Gasteiger partial charge in [-0.25, -0.2) is 8.78 Å². The van der Waals surface area contributed by atoms with E-state index in [-0.39, 0.29) is 0 Å². The van der Waals surface area contributed by atoms with Crippen LogP contribution in [0.5, 0.6) is 5.75 Å². The van der Waals surface area contributed by atoms with Gasteiger partial charge in [-0.1, -0.05) is 6.92 Å². The number of nitrogens with zero attached hydrogens (tertiary/aromatic N) is 1. The lowest BCUT2D eigenvalue weighted by atomic mass is 10.1. The molecule has 0 aliphatic carbocycles. The predicted octanol–water partition coefficient (Wildman–Crippen LogP) is 2.49. The van der Waals surface area contributed by atoms with Crippen LogP contribution in [0.25, 0.3) is 0 Å². The van der Waals surface area contributed by atoms with E-state index in [1.165, 1.54) is 25.9 Å². The van der Waals surface area contributed by atoms with Crippen molar-refractivity contribution in [1.29, 1.82) is 0 Å². The lowest BCUT2D eigenvalue weighted by Crippen LogP contribution is -2.31. The Hall–Kier alpha value is -1.20. The fourth-order valence-electron chi connectivity index (χ4n) is 2.65. The molecule has 0 bridgehead atoms. The molecule has 0 amide bonds. The summed E-state index contributed by atoms with van der Waals surface area (Å²) >= 11 is 0. The van der Waals surface area contributed by atoms with Crippen LogP contribution in [0, 0.1) is 17.6 Å². The molecule has 1 aromatic rings. The van der Waals surface area contributed by atoms with E-state index in [1.54, 1.807) is 0 Å². The first-order valence-electron chi connectivity index (χ1n) is 7.16. The first-order chi connectivity index (χ1) is 9.56. The van der Waals surface area contributed by atoms with Crippen LogP contribution in [0.2, 0.25) is 0 Å². The highest BCUT2D eigenvalue weighted by Gasteiger charge is 2.14. The number of benzene rings is 1. The van der Waals surface area contributed by atoms with E-state index in [1.807, 2.05) is 0 Å². The van der Waals surface area contributed by atoms with Crippen LogP contribution in [-0.4, -0.2) is 36.2 Å². The predicted molar refractivity (Wildman–Crippen MR) is 74.6 cm³/mol. The summed E-state index contributed by atoms with van der Waals surface area (Å²) in [6.45, 7) is 6.80. The van der Waals surface area contributed by atoms with Crippen molar-refractivity contribution in [3.05, 3.63) is 29.3 Å². The quantitative estimate of drug-likeness (QED) is 0.842. The van der Waals surface area contributed by atoms with Gasteiger partial charge in [0.15, 0.2) is 17.4 Å². The Bertz CT molecular complexity index is 424. The maximum absolute atomic E-state index is 13.2. The molecule has 0 aromatic heterocycles. The fourth-order valence-corrected chi connectivity index (χ4v) is 2.65. The molecule has 2 rings (SSSR count). The van der Waals surface area contributed by atoms with Gasteiger partial charge in [0.2, 0.25) is 0 Å². The Kier molecular flexibility index (Phi) is 5.31. The van der Waals surface area contributed by atoms with Crippen LogP contribution in [0.1, 0.15) is 25.3 Å². The molecule has 1 aliphatic heterocycles. The van der Waals surface area contributed by atoms with E-state index < -0.39 is 17.4 Å². The highest BCUT2D eigenvalue weighted by atomic mass is 19.1. The number of nitrogens with one attached hydrogen (secondary N) is 1. The summed E-state index contributed by atoms with van der Waals surface area (Å²) in [6, 6.07) is 2.33. The van der Waals surface area contributed by atoms with Crippen LogP contribution in [0.15, 0.2) is 12.1 Å². The fraction of sp³-hybridized carbons (Fsp3) is 0.600. The summed E-state index contributed by atoms with van der Waals surface area (Å²) in [7, 11) is 0. The molecule has 3 nitrogen and oxygen atoms in total. The number of rotatable bonds is 6. The maximum Gasteiger partial charge on any atom is 0.187 e. The highest BCUT2D eigenvalue weighted by molar-refractivity contribution is 5.29. The second-order valence-electron chi connectivity index (χ2n) is 5.65. The molecule has 1 unspecified atom stereocenters. The largest absolute Gasteiger partial charge is 0.503 e. The van der Waals surface area contributed by atoms with Gasteiger partial charge >= 0.3 is 0 Å². The number of phenols is 1. The molecule has 0 saturated carbocycles. The number of phenolic OH excluding ortho intramolecular Hbond substituents is 1. The molecular formula is C15H22F2N2O. The summed E-state index contributed by atoms with van der Waals surface area (Å²) in [6.07, 6.45) is 2.57. The minimum atomic E-state index is -0.910. The summed E-state index contributed by atoms with van der Waals surface area (Å²) in [5, 5.41) is 12.2. The van der Waals surface area contributed by atoms with Gasteiger partial charge in [-0.05, 0) is 56.1 Å². The molecule has 20 heavy (non-hydrogen) atoms. The van der Waals surface area contributed by atoms with Gasteiger partial charge in [-0.2, -0.15) is 0 Å². The van der Waals surface area contributed by atoms with Crippen molar-refractivity contribution in [3.8, 4) is 5.75 Å². The van der Waals surface area contributed by atoms with E-state index in [9.17, 15) is 8.78 Å². The van der Waals surface area contributed by atoms with Gasteiger partial charge in [0.1, 0.15) is 0 Å². The molecule has 0 spiro atoms. The van der Waals surface area contributed by atoms with E-state index in [0.717, 1.165) is 25.2 Å². The minimum Gasteiger partial charge on any atom is -0.503 e. The highest BCUT2D eigenvalue weighted by Crippen LogP contribution is 2.21. The number of hydrogen-bond acceptors (Lipinski definition) is 3. The van der Waals surface area contributed by atoms with Crippen molar-refractivity contribution in [1.82, 2.24) is 10.2 Å². The Morgan fingerprint density at radius 2 is 1.85 bits per heavy atom. The van der Waals surface area contributed by atoms with Gasteiger partial charge in [-0.3, -0.25) is 0 Å². The van der Waals surface area contributed by atoms with Crippen molar-refractivity contribution >= 4 is 0 Å². The third kappa shape index (κ3) is 4.15. The maximum atomic E-state index is 13.2. The smallest absolute Gasteiger partial charge is 0.187 e. The Labute approximate surface area is 118 Å². The average molecular weight is 284 g/mol. The first kappa shape index (κ1) is 15.2. The average Bonchev–Trinajstić information content (AvgIpc) is 2.88. The standard InChI is InChI=1S/C15H22F2N2O/c1-11(10-19-4-2-3-5-19)8-18-9-12-6-13(16)15(20)14(17)7-12/h6-7,11,18,20H,2-5,8-10H2,1H3. The Morgan fingerprint density at radius 3 is 2.45 bits per heavy atom. The second-order valence-corrected chi connectivity index (χ2v) is 5.65. The van der Waals surface area contributed by atoms with Crippen LogP contribution in [0.4, 0.5) is 8.78 Å². The third-order valence-electron chi connectivity index (χ3n) is 3.67. The lowest BCUT2D eigenvalue weighted by molar-refractivity contribution is 0.282. The number of likely N-dealkylation sites (tertiary alicyclic amines) is 1. The number of hydrogen-bond donors (Lipinski definition) is 2. The van der Waals surface area contributed by atoms with Gasteiger partial charge < -0.3 is 15.3 Å². The van der Waals surface area contributed by atoms with Crippen molar-refractivity contribution in [2.75, 3.05) is 26.2 Å². The Balaban J connectivity index is 1.74. The molecule has 1 heterocycles. The topological polar surface area (TPSA) is 35.5 Å². The molecule has 1 fully saturated rings. The number of aromatic hydroxyl groups is 1. The van der Waals surface area contributed by atoms with Gasteiger partial charge in [0, 0.05) is 13.1 Å². The van der Waals surface area contributed by atoms with Crippen LogP contribution in [0.3, 0.4) is 0 Å². The van der Waals surface area contributed by atoms with Crippen molar-refractivity contribution in [3.63, 3.8) is 0 Å². The summed E-state index contributed by atoms with van der Waals surface area (Å²) < 4.78 is 26.3. The molecule has 112 valence electrons. The number of halogens is 2. The molecule has 2 N–H and O–H groups in total. The third-order valence-corrected chi connectivity index (χ3v) is 3.67. The van der Waals surface area contributed by atoms with Crippen molar-refractivity contribution in [2.24, 2.45) is 5.92 Å². The summed E-state index contributed by atoms with van der Waals surface area (Å²) in [5.41, 5.74) is 0.506. The molecular weight excluding hydrogens is 262 g/mol. The zero-order chi connectivity index (χ0) is 14.5. The Morgan fingerprint density at radius 1 is 1.25 bits per heavy atom. The van der Waals surface area contributed by atoms with Crippen molar-refractivity contribution < 1.29 is 13.9 Å². The monoisotopic (exact) mass is 284 g/mol. The van der Waals surface area contributed by atoms with E-state index in [0.29, 0.717) is 18.0 Å². The molecule has 1 saturated heterocycles. The molecule has 1 aromatic carbocycles. The molecule has 5 heteroatoms. The van der Waals surface area contributed by atoms with Crippen molar-refractivity contribution in [2.45, 2.75) is 26.3 Å². The minimum absolute atomic E-state index is 0.401. The first-order valence-corrected chi connectivity index (χ1v) is 7.16. The SMILES string of the molecule is CC(CNCc1cc(F)c(O)c(F)c1)CN1CCCC1. The van der Waals surface area contributed by atoms with E-state index in [2.05, 4.69) is 17.1 Å². The molecule has 0 radical (unpaired) electrons. The van der Waals surface area contributed by atoms with Crippen LogP contribution >= 0.6 is 0 Å². The van der Waals surface area contributed by atoms with Crippen LogP contribution < -0.4 is 5.32 Å². The lowest BCUT2D eigenvalue weighted by Gasteiger charge is -2.20. The van der Waals surface area contributed by atoms with Gasteiger partial charge in [-0.15, -0.1) is 0 Å². The molecule has 1 aliphatic rings.